The topological polar surface area (TPSA) is 20.2 Å². The number of hydrogen-bond donors (Lipinski definition) is 1. The van der Waals surface area contributed by atoms with Crippen LogP contribution in [0.25, 0.3) is 11.1 Å². The first-order valence-electron chi connectivity index (χ1n) is 4.83. The molecule has 0 aliphatic rings. The summed E-state index contributed by atoms with van der Waals surface area (Å²) in [5.74, 6) is 0.198. The molecule has 1 nitrogen and oxygen atoms in total. The van der Waals surface area contributed by atoms with Gasteiger partial charge in [-0.25, -0.2) is 0 Å². The zero-order valence-corrected chi connectivity index (χ0v) is 10.2. The van der Waals surface area contributed by atoms with E-state index in [1.54, 1.807) is 18.2 Å². The summed E-state index contributed by atoms with van der Waals surface area (Å²) in [6, 6.07) is 10.6. The standard InChI is InChI=1S/C13H10Cl2O/c1-8-2-3-9(6-12(8)15)11-7-10(14)4-5-13(11)16/h2-7,16H,1H3. The quantitative estimate of drug-likeness (QED) is 0.782. The van der Waals surface area contributed by atoms with Crippen LogP contribution in [0.5, 0.6) is 5.75 Å². The fourth-order valence-electron chi connectivity index (χ4n) is 1.50. The number of halogens is 2. The third-order valence-electron chi connectivity index (χ3n) is 2.44. The smallest absolute Gasteiger partial charge is 0.123 e. The summed E-state index contributed by atoms with van der Waals surface area (Å²) in [5.41, 5.74) is 2.55. The van der Waals surface area contributed by atoms with E-state index in [-0.39, 0.29) is 5.75 Å². The molecule has 16 heavy (non-hydrogen) atoms. The fraction of sp³-hybridized carbons (Fsp3) is 0.0769. The number of benzene rings is 2. The maximum atomic E-state index is 9.75. The highest BCUT2D eigenvalue weighted by Gasteiger charge is 2.06. The molecule has 0 aliphatic heterocycles. The third-order valence-corrected chi connectivity index (χ3v) is 3.08. The Kier molecular flexibility index (Phi) is 3.08. The van der Waals surface area contributed by atoms with Crippen LogP contribution in [0.4, 0.5) is 0 Å². The Labute approximate surface area is 104 Å². The molecule has 2 aromatic carbocycles. The van der Waals surface area contributed by atoms with Gasteiger partial charge in [0.1, 0.15) is 5.75 Å². The highest BCUT2D eigenvalue weighted by Crippen LogP contribution is 2.33. The van der Waals surface area contributed by atoms with Crippen LogP contribution >= 0.6 is 23.2 Å². The van der Waals surface area contributed by atoms with Crippen molar-refractivity contribution in [1.82, 2.24) is 0 Å². The summed E-state index contributed by atoms with van der Waals surface area (Å²) in [4.78, 5) is 0. The second kappa shape index (κ2) is 4.36. The first kappa shape index (κ1) is 11.3. The normalized spacial score (nSPS) is 10.4. The molecule has 0 aromatic heterocycles. The monoisotopic (exact) mass is 252 g/mol. The molecule has 0 saturated carbocycles. The minimum Gasteiger partial charge on any atom is -0.507 e. The summed E-state index contributed by atoms with van der Waals surface area (Å²) < 4.78 is 0. The molecule has 0 unspecified atom stereocenters. The van der Waals surface area contributed by atoms with Crippen molar-refractivity contribution in [2.45, 2.75) is 6.92 Å². The Morgan fingerprint density at radius 1 is 1.00 bits per heavy atom. The van der Waals surface area contributed by atoms with Gasteiger partial charge >= 0.3 is 0 Å². The predicted octanol–water partition coefficient (Wildman–Crippen LogP) is 4.67. The summed E-state index contributed by atoms with van der Waals surface area (Å²) in [6.45, 7) is 1.93. The number of rotatable bonds is 1. The Hall–Kier alpha value is -1.18. The van der Waals surface area contributed by atoms with Crippen molar-refractivity contribution in [3.8, 4) is 16.9 Å². The SMILES string of the molecule is Cc1ccc(-c2cc(Cl)ccc2O)cc1Cl. The maximum Gasteiger partial charge on any atom is 0.123 e. The van der Waals surface area contributed by atoms with Gasteiger partial charge in [0.15, 0.2) is 0 Å². The minimum atomic E-state index is 0.198. The van der Waals surface area contributed by atoms with Crippen molar-refractivity contribution in [3.63, 3.8) is 0 Å². The van der Waals surface area contributed by atoms with Crippen LogP contribution in [0.1, 0.15) is 5.56 Å². The molecule has 2 aromatic rings. The highest BCUT2D eigenvalue weighted by atomic mass is 35.5. The van der Waals surface area contributed by atoms with Gasteiger partial charge in [0, 0.05) is 15.6 Å². The van der Waals surface area contributed by atoms with Gasteiger partial charge in [0.25, 0.3) is 0 Å². The molecule has 2 rings (SSSR count). The lowest BCUT2D eigenvalue weighted by Crippen LogP contribution is -1.82. The zero-order valence-electron chi connectivity index (χ0n) is 8.67. The Balaban J connectivity index is 2.58. The van der Waals surface area contributed by atoms with Gasteiger partial charge in [0.2, 0.25) is 0 Å². The molecule has 0 fully saturated rings. The van der Waals surface area contributed by atoms with Crippen molar-refractivity contribution in [2.75, 3.05) is 0 Å². The number of phenolic OH excluding ortho intramolecular Hbond substituents is 1. The molecule has 3 heteroatoms. The van der Waals surface area contributed by atoms with Crippen LogP contribution in [0.2, 0.25) is 10.0 Å². The molecule has 0 atom stereocenters. The number of aryl methyl sites for hydroxylation is 1. The molecule has 82 valence electrons. The van der Waals surface area contributed by atoms with Crippen molar-refractivity contribution >= 4 is 23.2 Å². The van der Waals surface area contributed by atoms with Crippen molar-refractivity contribution < 1.29 is 5.11 Å². The van der Waals surface area contributed by atoms with E-state index in [0.717, 1.165) is 11.1 Å². The summed E-state index contributed by atoms with van der Waals surface area (Å²) in [6.07, 6.45) is 0. The lowest BCUT2D eigenvalue weighted by Gasteiger charge is -2.07. The molecule has 0 radical (unpaired) electrons. The largest absolute Gasteiger partial charge is 0.507 e. The van der Waals surface area contributed by atoms with Gasteiger partial charge in [0.05, 0.1) is 0 Å². The molecule has 0 amide bonds. The van der Waals surface area contributed by atoms with E-state index in [1.165, 1.54) is 0 Å². The van der Waals surface area contributed by atoms with Gasteiger partial charge in [-0.05, 0) is 42.3 Å². The average molecular weight is 253 g/mol. The Bertz CT molecular complexity index is 535. The van der Waals surface area contributed by atoms with Crippen LogP contribution in [-0.2, 0) is 0 Å². The second-order valence-corrected chi connectivity index (χ2v) is 4.47. The lowest BCUT2D eigenvalue weighted by molar-refractivity contribution is 0.477. The van der Waals surface area contributed by atoms with Gasteiger partial charge in [-0.3, -0.25) is 0 Å². The first-order chi connectivity index (χ1) is 7.58. The molecule has 0 aliphatic carbocycles. The summed E-state index contributed by atoms with van der Waals surface area (Å²) in [7, 11) is 0. The van der Waals surface area contributed by atoms with Crippen molar-refractivity contribution in [1.29, 1.82) is 0 Å². The third kappa shape index (κ3) is 2.16. The maximum absolute atomic E-state index is 9.75. The molecular weight excluding hydrogens is 243 g/mol. The van der Waals surface area contributed by atoms with Crippen molar-refractivity contribution in [3.05, 3.63) is 52.0 Å². The van der Waals surface area contributed by atoms with Crippen LogP contribution < -0.4 is 0 Å². The number of aromatic hydroxyl groups is 1. The van der Waals surface area contributed by atoms with Gasteiger partial charge < -0.3 is 5.11 Å². The van der Waals surface area contributed by atoms with Crippen LogP contribution in [0.3, 0.4) is 0 Å². The van der Waals surface area contributed by atoms with E-state index in [9.17, 15) is 5.11 Å². The lowest BCUT2D eigenvalue weighted by atomic mass is 10.0. The molecular formula is C13H10Cl2O. The van der Waals surface area contributed by atoms with Gasteiger partial charge in [-0.15, -0.1) is 0 Å². The van der Waals surface area contributed by atoms with Crippen molar-refractivity contribution in [2.24, 2.45) is 0 Å². The van der Waals surface area contributed by atoms with E-state index in [4.69, 9.17) is 23.2 Å². The minimum absolute atomic E-state index is 0.198. The predicted molar refractivity (Wildman–Crippen MR) is 68.3 cm³/mol. The average Bonchev–Trinajstić information content (AvgIpc) is 2.26. The number of phenols is 1. The summed E-state index contributed by atoms with van der Waals surface area (Å²) in [5, 5.41) is 11.0. The van der Waals surface area contributed by atoms with Gasteiger partial charge in [-0.1, -0.05) is 35.3 Å². The molecule has 0 heterocycles. The second-order valence-electron chi connectivity index (χ2n) is 3.63. The first-order valence-corrected chi connectivity index (χ1v) is 5.58. The van der Waals surface area contributed by atoms with E-state index >= 15 is 0 Å². The Morgan fingerprint density at radius 3 is 2.44 bits per heavy atom. The zero-order chi connectivity index (χ0) is 11.7. The highest BCUT2D eigenvalue weighted by molar-refractivity contribution is 6.32. The fourth-order valence-corrected chi connectivity index (χ4v) is 1.85. The molecule has 0 saturated heterocycles. The number of hydrogen-bond acceptors (Lipinski definition) is 1. The van der Waals surface area contributed by atoms with Crippen LogP contribution in [0, 0.1) is 6.92 Å². The van der Waals surface area contributed by atoms with E-state index in [1.807, 2.05) is 25.1 Å². The van der Waals surface area contributed by atoms with E-state index < -0.39 is 0 Å². The molecule has 0 bridgehead atoms. The van der Waals surface area contributed by atoms with E-state index in [0.29, 0.717) is 15.6 Å². The Morgan fingerprint density at radius 2 is 1.75 bits per heavy atom. The summed E-state index contributed by atoms with van der Waals surface area (Å²) >= 11 is 11.9. The van der Waals surface area contributed by atoms with Gasteiger partial charge in [-0.2, -0.15) is 0 Å². The van der Waals surface area contributed by atoms with Crippen LogP contribution in [-0.4, -0.2) is 5.11 Å². The van der Waals surface area contributed by atoms with E-state index in [2.05, 4.69) is 0 Å². The van der Waals surface area contributed by atoms with Crippen LogP contribution in [0.15, 0.2) is 36.4 Å². The molecule has 1 N–H and O–H groups in total. The molecule has 0 spiro atoms.